The molecular weight excluding hydrogens is 188 g/mol. The highest BCUT2D eigenvalue weighted by Gasteiger charge is 2.29. The van der Waals surface area contributed by atoms with Crippen molar-refractivity contribution >= 4 is 0 Å². The van der Waals surface area contributed by atoms with Crippen molar-refractivity contribution in [1.82, 2.24) is 9.97 Å². The first kappa shape index (κ1) is 10.6. The van der Waals surface area contributed by atoms with E-state index >= 15 is 0 Å². The van der Waals surface area contributed by atoms with Crippen LogP contribution in [0.2, 0.25) is 0 Å². The third-order valence-corrected chi connectivity index (χ3v) is 3.53. The second kappa shape index (κ2) is 4.71. The van der Waals surface area contributed by atoms with Crippen LogP contribution in [0.1, 0.15) is 44.3 Å². The summed E-state index contributed by atoms with van der Waals surface area (Å²) in [5.74, 6) is 1.20. The molecule has 2 rings (SSSR count). The normalized spacial score (nSPS) is 27.9. The molecule has 1 heterocycles. The Bertz CT molecular complexity index is 302. The van der Waals surface area contributed by atoms with Crippen molar-refractivity contribution < 1.29 is 5.11 Å². The molecule has 1 saturated carbocycles. The Hall–Kier alpha value is -0.960. The second-order valence-corrected chi connectivity index (χ2v) is 4.46. The molecule has 0 spiro atoms. The molecule has 0 amide bonds. The Morgan fingerprint density at radius 1 is 1.40 bits per heavy atom. The molecule has 0 bridgehead atoms. The van der Waals surface area contributed by atoms with E-state index in [9.17, 15) is 5.11 Å². The molecule has 82 valence electrons. The van der Waals surface area contributed by atoms with Gasteiger partial charge in [0.1, 0.15) is 6.33 Å². The lowest BCUT2D eigenvalue weighted by Crippen LogP contribution is -2.10. The van der Waals surface area contributed by atoms with Gasteiger partial charge in [0.05, 0.1) is 6.10 Å². The zero-order valence-corrected chi connectivity index (χ0v) is 9.13. The highest BCUT2D eigenvalue weighted by Crippen LogP contribution is 2.39. The van der Waals surface area contributed by atoms with Crippen LogP contribution in [0, 0.1) is 11.8 Å². The van der Waals surface area contributed by atoms with E-state index in [0.717, 1.165) is 24.3 Å². The molecule has 0 aromatic carbocycles. The monoisotopic (exact) mass is 206 g/mol. The molecule has 1 aromatic heterocycles. The van der Waals surface area contributed by atoms with E-state index in [1.165, 1.54) is 19.2 Å². The van der Waals surface area contributed by atoms with Gasteiger partial charge in [-0.25, -0.2) is 9.97 Å². The van der Waals surface area contributed by atoms with E-state index in [0.29, 0.717) is 5.92 Å². The smallest absolute Gasteiger partial charge is 0.115 e. The van der Waals surface area contributed by atoms with Crippen molar-refractivity contribution in [2.75, 3.05) is 0 Å². The third-order valence-electron chi connectivity index (χ3n) is 3.53. The number of hydrogen-bond donors (Lipinski definition) is 1. The fourth-order valence-corrected chi connectivity index (χ4v) is 2.51. The van der Waals surface area contributed by atoms with Crippen LogP contribution in [0.4, 0.5) is 0 Å². The number of aliphatic hydroxyl groups is 1. The number of aliphatic hydroxyl groups excluding tert-OH is 1. The topological polar surface area (TPSA) is 46.0 Å². The highest BCUT2D eigenvalue weighted by atomic mass is 16.3. The van der Waals surface area contributed by atoms with E-state index in [2.05, 4.69) is 16.9 Å². The second-order valence-electron chi connectivity index (χ2n) is 4.46. The van der Waals surface area contributed by atoms with E-state index in [1.807, 2.05) is 0 Å². The van der Waals surface area contributed by atoms with Gasteiger partial charge in [-0.15, -0.1) is 0 Å². The van der Waals surface area contributed by atoms with Crippen LogP contribution in [0.3, 0.4) is 0 Å². The van der Waals surface area contributed by atoms with Crippen LogP contribution in [-0.2, 0) is 0 Å². The van der Waals surface area contributed by atoms with E-state index in [-0.39, 0.29) is 6.10 Å². The maximum absolute atomic E-state index is 10.2. The van der Waals surface area contributed by atoms with Crippen LogP contribution < -0.4 is 0 Å². The number of hydrogen-bond acceptors (Lipinski definition) is 3. The summed E-state index contributed by atoms with van der Waals surface area (Å²) < 4.78 is 0. The molecule has 1 aromatic rings. The summed E-state index contributed by atoms with van der Waals surface area (Å²) in [5.41, 5.74) is 0.860. The van der Waals surface area contributed by atoms with Crippen LogP contribution in [0.25, 0.3) is 0 Å². The minimum Gasteiger partial charge on any atom is -0.388 e. The average Bonchev–Trinajstić information content (AvgIpc) is 2.78. The van der Waals surface area contributed by atoms with Crippen LogP contribution in [0.5, 0.6) is 0 Å². The first-order chi connectivity index (χ1) is 7.31. The van der Waals surface area contributed by atoms with Gasteiger partial charge in [-0.3, -0.25) is 0 Å². The molecule has 3 nitrogen and oxygen atoms in total. The van der Waals surface area contributed by atoms with Gasteiger partial charge in [-0.2, -0.15) is 0 Å². The summed E-state index contributed by atoms with van der Waals surface area (Å²) in [6, 6.07) is 0. The molecule has 0 saturated heterocycles. The molecule has 3 unspecified atom stereocenters. The Kier molecular flexibility index (Phi) is 3.31. The average molecular weight is 206 g/mol. The van der Waals surface area contributed by atoms with Crippen molar-refractivity contribution in [3.05, 3.63) is 24.3 Å². The predicted molar refractivity (Wildman–Crippen MR) is 58.1 cm³/mol. The van der Waals surface area contributed by atoms with Gasteiger partial charge in [0.25, 0.3) is 0 Å². The Morgan fingerprint density at radius 3 is 2.73 bits per heavy atom. The Balaban J connectivity index is 2.00. The van der Waals surface area contributed by atoms with Gasteiger partial charge in [0, 0.05) is 18.0 Å². The molecule has 0 aliphatic heterocycles. The van der Waals surface area contributed by atoms with E-state index in [4.69, 9.17) is 0 Å². The molecule has 15 heavy (non-hydrogen) atoms. The van der Waals surface area contributed by atoms with Gasteiger partial charge in [0.2, 0.25) is 0 Å². The molecule has 1 fully saturated rings. The van der Waals surface area contributed by atoms with Gasteiger partial charge in [0.15, 0.2) is 0 Å². The minimum absolute atomic E-state index is 0.372. The van der Waals surface area contributed by atoms with Crippen LogP contribution in [-0.4, -0.2) is 15.1 Å². The summed E-state index contributed by atoms with van der Waals surface area (Å²) in [6.45, 7) is 2.23. The van der Waals surface area contributed by atoms with Crippen LogP contribution in [0.15, 0.2) is 18.7 Å². The van der Waals surface area contributed by atoms with Crippen molar-refractivity contribution in [3.8, 4) is 0 Å². The molecule has 1 aliphatic carbocycles. The van der Waals surface area contributed by atoms with Gasteiger partial charge >= 0.3 is 0 Å². The van der Waals surface area contributed by atoms with E-state index in [1.54, 1.807) is 12.4 Å². The number of rotatable bonds is 3. The lowest BCUT2D eigenvalue weighted by Gasteiger charge is -2.17. The largest absolute Gasteiger partial charge is 0.388 e. The fourth-order valence-electron chi connectivity index (χ4n) is 2.51. The Morgan fingerprint density at radius 2 is 2.13 bits per heavy atom. The van der Waals surface area contributed by atoms with Crippen molar-refractivity contribution in [1.29, 1.82) is 0 Å². The molecule has 3 atom stereocenters. The summed E-state index contributed by atoms with van der Waals surface area (Å²) >= 11 is 0. The van der Waals surface area contributed by atoms with E-state index < -0.39 is 0 Å². The van der Waals surface area contributed by atoms with Gasteiger partial charge in [-0.1, -0.05) is 19.8 Å². The lowest BCUT2D eigenvalue weighted by molar-refractivity contribution is 0.108. The minimum atomic E-state index is -0.372. The standard InChI is InChI=1S/C12H18N2O/c1-2-9-3-4-10(5-9)12(15)11-6-13-8-14-7-11/h6-10,12,15H,2-5H2,1H3. The molecule has 0 radical (unpaired) electrons. The first-order valence-electron chi connectivity index (χ1n) is 5.74. The summed E-state index contributed by atoms with van der Waals surface area (Å²) in [5, 5.41) is 10.2. The zero-order chi connectivity index (χ0) is 10.7. The molecule has 1 aliphatic rings. The highest BCUT2D eigenvalue weighted by molar-refractivity contribution is 5.08. The Labute approximate surface area is 90.6 Å². The van der Waals surface area contributed by atoms with Crippen molar-refractivity contribution in [2.45, 2.75) is 38.7 Å². The van der Waals surface area contributed by atoms with Gasteiger partial charge < -0.3 is 5.11 Å². The predicted octanol–water partition coefficient (Wildman–Crippen LogP) is 2.34. The quantitative estimate of drug-likeness (QED) is 0.825. The maximum Gasteiger partial charge on any atom is 0.115 e. The van der Waals surface area contributed by atoms with Crippen LogP contribution >= 0.6 is 0 Å². The first-order valence-corrected chi connectivity index (χ1v) is 5.74. The molecule has 1 N–H and O–H groups in total. The van der Waals surface area contributed by atoms with Gasteiger partial charge in [-0.05, 0) is 24.7 Å². The summed E-state index contributed by atoms with van der Waals surface area (Å²) in [6.07, 6.45) is 9.33. The SMILES string of the molecule is CCC1CCC(C(O)c2cncnc2)C1. The van der Waals surface area contributed by atoms with Crippen molar-refractivity contribution in [2.24, 2.45) is 11.8 Å². The number of nitrogens with zero attached hydrogens (tertiary/aromatic N) is 2. The zero-order valence-electron chi connectivity index (χ0n) is 9.13. The third kappa shape index (κ3) is 2.34. The summed E-state index contributed by atoms with van der Waals surface area (Å²) in [7, 11) is 0. The molecule has 3 heteroatoms. The van der Waals surface area contributed by atoms with Crippen molar-refractivity contribution in [3.63, 3.8) is 0 Å². The summed E-state index contributed by atoms with van der Waals surface area (Å²) in [4.78, 5) is 7.89. The maximum atomic E-state index is 10.2. The molecular formula is C12H18N2O. The number of aromatic nitrogens is 2. The lowest BCUT2D eigenvalue weighted by atomic mass is 9.94. The fraction of sp³-hybridized carbons (Fsp3) is 0.667.